The van der Waals surface area contributed by atoms with Gasteiger partial charge in [0, 0.05) is 28.8 Å². The fourth-order valence-corrected chi connectivity index (χ4v) is 3.14. The van der Waals surface area contributed by atoms with Crippen LogP contribution in [0.2, 0.25) is 0 Å². The molecule has 0 atom stereocenters. The largest absolute Gasteiger partial charge is 0.340 e. The number of anilines is 5. The summed E-state index contributed by atoms with van der Waals surface area (Å²) in [5.74, 6) is -4.49. The molecule has 0 aliphatic rings. The molecule has 6 nitrogen and oxygen atoms in total. The predicted octanol–water partition coefficient (Wildman–Crippen LogP) is 6.25. The molecule has 4 rings (SSSR count). The molecule has 0 bridgehead atoms. The maximum absolute atomic E-state index is 13.8. The third-order valence-electron chi connectivity index (χ3n) is 4.86. The number of halogens is 3. The van der Waals surface area contributed by atoms with Gasteiger partial charge in [-0.15, -0.1) is 0 Å². The van der Waals surface area contributed by atoms with Crippen LogP contribution in [0.5, 0.6) is 0 Å². The highest BCUT2D eigenvalue weighted by molar-refractivity contribution is 6.04. The van der Waals surface area contributed by atoms with Gasteiger partial charge in [0.1, 0.15) is 5.82 Å². The molecule has 0 spiro atoms. The molecular weight excluding hydrogens is 443 g/mol. The van der Waals surface area contributed by atoms with Crippen molar-refractivity contribution < 1.29 is 18.0 Å². The Morgan fingerprint density at radius 1 is 0.735 bits per heavy atom. The Hall–Kier alpha value is -4.40. The molecule has 1 aromatic heterocycles. The van der Waals surface area contributed by atoms with Gasteiger partial charge in [-0.3, -0.25) is 4.79 Å². The first-order valence-electron chi connectivity index (χ1n) is 10.3. The lowest BCUT2D eigenvalue weighted by Gasteiger charge is -2.11. The van der Waals surface area contributed by atoms with Crippen LogP contribution in [0.3, 0.4) is 0 Å². The number of amides is 1. The van der Waals surface area contributed by atoms with E-state index < -0.39 is 28.9 Å². The molecule has 4 aromatic rings. The van der Waals surface area contributed by atoms with E-state index in [-0.39, 0.29) is 0 Å². The average molecular weight is 463 g/mol. The molecule has 1 heterocycles. The zero-order valence-corrected chi connectivity index (χ0v) is 18.3. The maximum Gasteiger partial charge on any atom is 0.258 e. The zero-order chi connectivity index (χ0) is 24.2. The monoisotopic (exact) mass is 463 g/mol. The first-order valence-corrected chi connectivity index (χ1v) is 10.3. The van der Waals surface area contributed by atoms with Crippen LogP contribution in [-0.4, -0.2) is 15.9 Å². The van der Waals surface area contributed by atoms with Gasteiger partial charge in [0.05, 0.1) is 5.56 Å². The number of benzene rings is 3. The first-order chi connectivity index (χ1) is 16.3. The number of carbonyl (C=O) groups is 1. The highest BCUT2D eigenvalue weighted by Gasteiger charge is 2.18. The van der Waals surface area contributed by atoms with Crippen molar-refractivity contribution in [2.75, 3.05) is 16.0 Å². The topological polar surface area (TPSA) is 78.9 Å². The van der Waals surface area contributed by atoms with E-state index in [4.69, 9.17) is 0 Å². The molecule has 0 radical (unpaired) electrons. The smallest absolute Gasteiger partial charge is 0.258 e. The van der Waals surface area contributed by atoms with Crippen molar-refractivity contribution in [1.29, 1.82) is 0 Å². The van der Waals surface area contributed by atoms with Gasteiger partial charge >= 0.3 is 0 Å². The second-order valence-corrected chi connectivity index (χ2v) is 7.59. The number of aromatic nitrogens is 2. The predicted molar refractivity (Wildman–Crippen MR) is 125 cm³/mol. The van der Waals surface area contributed by atoms with Crippen LogP contribution < -0.4 is 16.0 Å². The third-order valence-corrected chi connectivity index (χ3v) is 4.86. The normalized spacial score (nSPS) is 10.6. The Balaban J connectivity index is 1.44. The van der Waals surface area contributed by atoms with Gasteiger partial charge in [0.15, 0.2) is 17.5 Å². The SMILES string of the molecule is Cc1ccc(Nc2nc(C)cc(Nc3ccc(NC(=O)c4ccc(F)c(F)c4F)cc3)n2)cc1. The minimum atomic E-state index is -1.69. The number of carbonyl (C=O) groups excluding carboxylic acids is 1. The van der Waals surface area contributed by atoms with Gasteiger partial charge in [0.2, 0.25) is 5.95 Å². The number of nitrogens with zero attached hydrogens (tertiary/aromatic N) is 2. The quantitative estimate of drug-likeness (QED) is 0.295. The number of rotatable bonds is 6. The molecule has 0 saturated carbocycles. The second kappa shape index (κ2) is 9.62. The molecule has 0 aliphatic carbocycles. The number of hydrogen-bond donors (Lipinski definition) is 3. The van der Waals surface area contributed by atoms with Crippen LogP contribution in [0.1, 0.15) is 21.6 Å². The zero-order valence-electron chi connectivity index (χ0n) is 18.3. The first kappa shape index (κ1) is 22.8. The van der Waals surface area contributed by atoms with Gasteiger partial charge in [-0.05, 0) is 62.4 Å². The molecule has 3 N–H and O–H groups in total. The van der Waals surface area contributed by atoms with E-state index in [0.29, 0.717) is 29.2 Å². The van der Waals surface area contributed by atoms with Crippen LogP contribution >= 0.6 is 0 Å². The summed E-state index contributed by atoms with van der Waals surface area (Å²) >= 11 is 0. The van der Waals surface area contributed by atoms with E-state index in [1.165, 1.54) is 0 Å². The van der Waals surface area contributed by atoms with Crippen molar-refractivity contribution in [3.63, 3.8) is 0 Å². The van der Waals surface area contributed by atoms with E-state index >= 15 is 0 Å². The third kappa shape index (κ3) is 5.32. The maximum atomic E-state index is 13.8. The molecule has 1 amide bonds. The van der Waals surface area contributed by atoms with Crippen molar-refractivity contribution in [2.45, 2.75) is 13.8 Å². The van der Waals surface area contributed by atoms with Gasteiger partial charge in [-0.2, -0.15) is 4.98 Å². The fourth-order valence-electron chi connectivity index (χ4n) is 3.14. The number of aryl methyl sites for hydroxylation is 2. The van der Waals surface area contributed by atoms with E-state index in [1.807, 2.05) is 38.1 Å². The lowest BCUT2D eigenvalue weighted by atomic mass is 10.1. The molecule has 0 unspecified atom stereocenters. The average Bonchev–Trinajstić information content (AvgIpc) is 2.80. The molecule has 9 heteroatoms. The Morgan fingerprint density at radius 3 is 2.06 bits per heavy atom. The summed E-state index contributed by atoms with van der Waals surface area (Å²) in [7, 11) is 0. The van der Waals surface area contributed by atoms with Crippen LogP contribution in [0, 0.1) is 31.3 Å². The summed E-state index contributed by atoms with van der Waals surface area (Å²) < 4.78 is 40.3. The van der Waals surface area contributed by atoms with Crippen LogP contribution in [0.25, 0.3) is 0 Å². The molecule has 34 heavy (non-hydrogen) atoms. The molecule has 0 aliphatic heterocycles. The van der Waals surface area contributed by atoms with Crippen molar-refractivity contribution in [3.8, 4) is 0 Å². The lowest BCUT2D eigenvalue weighted by Crippen LogP contribution is -2.15. The summed E-state index contributed by atoms with van der Waals surface area (Å²) in [5.41, 5.74) is 3.19. The van der Waals surface area contributed by atoms with Gasteiger partial charge in [-0.25, -0.2) is 18.2 Å². The molecule has 0 saturated heterocycles. The Morgan fingerprint density at radius 2 is 1.35 bits per heavy atom. The van der Waals surface area contributed by atoms with Crippen molar-refractivity contribution in [2.24, 2.45) is 0 Å². The molecule has 0 fully saturated rings. The molecule has 172 valence electrons. The fraction of sp³-hybridized carbons (Fsp3) is 0.0800. The van der Waals surface area contributed by atoms with Crippen LogP contribution in [0.15, 0.2) is 66.7 Å². The highest BCUT2D eigenvalue weighted by Crippen LogP contribution is 2.22. The minimum absolute atomic E-state index is 0.347. The Bertz CT molecular complexity index is 1340. The summed E-state index contributed by atoms with van der Waals surface area (Å²) in [6, 6.07) is 17.7. The standard InChI is InChI=1S/C25H20F3N5O/c1-14-3-5-18(6-4-14)32-25-29-15(2)13-21(33-25)30-16-7-9-17(10-8-16)31-24(34)19-11-12-20(26)23(28)22(19)27/h3-13H,1-2H3,(H,31,34)(H2,29,30,32,33). The van der Waals surface area contributed by atoms with Crippen molar-refractivity contribution in [1.82, 2.24) is 9.97 Å². The van der Waals surface area contributed by atoms with Gasteiger partial charge in [-0.1, -0.05) is 17.7 Å². The van der Waals surface area contributed by atoms with Gasteiger partial charge < -0.3 is 16.0 Å². The molecule has 3 aromatic carbocycles. The van der Waals surface area contributed by atoms with Crippen LogP contribution in [0.4, 0.5) is 42.0 Å². The van der Waals surface area contributed by atoms with E-state index in [0.717, 1.165) is 23.0 Å². The van der Waals surface area contributed by atoms with E-state index in [2.05, 4.69) is 25.9 Å². The Labute approximate surface area is 193 Å². The Kier molecular flexibility index (Phi) is 6.44. The minimum Gasteiger partial charge on any atom is -0.340 e. The van der Waals surface area contributed by atoms with Crippen molar-refractivity contribution >= 4 is 34.7 Å². The second-order valence-electron chi connectivity index (χ2n) is 7.59. The number of hydrogen-bond acceptors (Lipinski definition) is 5. The van der Waals surface area contributed by atoms with Crippen LogP contribution in [-0.2, 0) is 0 Å². The number of nitrogens with one attached hydrogen (secondary N) is 3. The van der Waals surface area contributed by atoms with E-state index in [1.54, 1.807) is 30.3 Å². The summed E-state index contributed by atoms with van der Waals surface area (Å²) in [6.07, 6.45) is 0. The van der Waals surface area contributed by atoms with E-state index in [9.17, 15) is 18.0 Å². The summed E-state index contributed by atoms with van der Waals surface area (Å²) in [5, 5.41) is 8.78. The highest BCUT2D eigenvalue weighted by atomic mass is 19.2. The van der Waals surface area contributed by atoms with Gasteiger partial charge in [0.25, 0.3) is 5.91 Å². The summed E-state index contributed by atoms with van der Waals surface area (Å²) in [4.78, 5) is 21.1. The lowest BCUT2D eigenvalue weighted by molar-refractivity contribution is 0.102. The van der Waals surface area contributed by atoms with Crippen molar-refractivity contribution in [3.05, 3.63) is 101 Å². The summed E-state index contributed by atoms with van der Waals surface area (Å²) in [6.45, 7) is 3.86. The molecular formula is C25H20F3N5O.